The summed E-state index contributed by atoms with van der Waals surface area (Å²) in [6.07, 6.45) is -3.09. The van der Waals surface area contributed by atoms with Gasteiger partial charge in [0, 0.05) is 18.5 Å². The van der Waals surface area contributed by atoms with E-state index in [0.717, 1.165) is 10.7 Å². The molecule has 1 unspecified atom stereocenters. The van der Waals surface area contributed by atoms with Gasteiger partial charge in [0.1, 0.15) is 17.6 Å². The number of carbonyl (C=O) groups excluding carboxylic acids is 1. The highest BCUT2D eigenvalue weighted by molar-refractivity contribution is 6.03. The van der Waals surface area contributed by atoms with E-state index in [2.05, 4.69) is 15.4 Å². The van der Waals surface area contributed by atoms with Crippen LogP contribution < -0.4 is 5.32 Å². The van der Waals surface area contributed by atoms with E-state index in [9.17, 15) is 27.5 Å². The van der Waals surface area contributed by atoms with Crippen molar-refractivity contribution in [2.45, 2.75) is 12.3 Å². The van der Waals surface area contributed by atoms with E-state index in [1.165, 1.54) is 48.8 Å². The number of benzene rings is 2. The van der Waals surface area contributed by atoms with Crippen LogP contribution in [0.25, 0.3) is 5.69 Å². The zero-order valence-electron chi connectivity index (χ0n) is 17.7. The first-order valence-electron chi connectivity index (χ1n) is 10.0. The second kappa shape index (κ2) is 9.36. The number of aliphatic hydroxyl groups excluding tert-OH is 1. The summed E-state index contributed by atoms with van der Waals surface area (Å²) in [5, 5.41) is 25.4. The van der Waals surface area contributed by atoms with Gasteiger partial charge in [-0.25, -0.2) is 9.07 Å². The topological polar surface area (TPSA) is 104 Å². The van der Waals surface area contributed by atoms with Crippen LogP contribution >= 0.6 is 0 Å². The first-order valence-corrected chi connectivity index (χ1v) is 10.0. The molecular weight excluding hydrogens is 466 g/mol. The number of nitrogens with zero attached hydrogens (tertiary/aromatic N) is 4. The van der Waals surface area contributed by atoms with Crippen LogP contribution in [0.2, 0.25) is 0 Å². The first-order chi connectivity index (χ1) is 16.7. The van der Waals surface area contributed by atoms with E-state index in [-0.39, 0.29) is 22.5 Å². The van der Waals surface area contributed by atoms with E-state index in [0.29, 0.717) is 11.6 Å². The molecule has 7 nitrogen and oxygen atoms in total. The summed E-state index contributed by atoms with van der Waals surface area (Å²) in [6.45, 7) is 0. The van der Waals surface area contributed by atoms with Crippen molar-refractivity contribution in [3.05, 3.63) is 107 Å². The van der Waals surface area contributed by atoms with Crippen molar-refractivity contribution in [2.24, 2.45) is 0 Å². The second-order valence-corrected chi connectivity index (χ2v) is 7.36. The summed E-state index contributed by atoms with van der Waals surface area (Å²) < 4.78 is 55.3. The lowest BCUT2D eigenvalue weighted by Gasteiger charge is -2.14. The fourth-order valence-corrected chi connectivity index (χ4v) is 3.32. The van der Waals surface area contributed by atoms with Crippen LogP contribution in [0.1, 0.15) is 39.0 Å². The summed E-state index contributed by atoms with van der Waals surface area (Å²) in [5.41, 5.74) is -1.35. The fraction of sp³-hybridized carbons (Fsp3) is 0.0833. The van der Waals surface area contributed by atoms with Gasteiger partial charge >= 0.3 is 6.18 Å². The molecule has 4 aromatic rings. The molecule has 35 heavy (non-hydrogen) atoms. The van der Waals surface area contributed by atoms with Crippen LogP contribution in [0.5, 0.6) is 0 Å². The lowest BCUT2D eigenvalue weighted by atomic mass is 10.0. The molecule has 1 atom stereocenters. The number of nitrogens with one attached hydrogen (secondary N) is 1. The van der Waals surface area contributed by atoms with Gasteiger partial charge < -0.3 is 10.4 Å². The number of amides is 1. The van der Waals surface area contributed by atoms with E-state index >= 15 is 0 Å². The van der Waals surface area contributed by atoms with E-state index in [1.807, 2.05) is 6.07 Å². The number of aromatic nitrogens is 3. The number of hydrogen-bond donors (Lipinski definition) is 2. The lowest BCUT2D eigenvalue weighted by molar-refractivity contribution is -0.141. The third-order valence-electron chi connectivity index (χ3n) is 5.03. The smallest absolute Gasteiger partial charge is 0.384 e. The maximum absolute atomic E-state index is 14.5. The largest absolute Gasteiger partial charge is 0.435 e. The van der Waals surface area contributed by atoms with Crippen LogP contribution in [-0.4, -0.2) is 25.8 Å². The van der Waals surface area contributed by atoms with Gasteiger partial charge in [0.15, 0.2) is 5.69 Å². The quantitative estimate of drug-likeness (QED) is 0.405. The maximum atomic E-state index is 14.5. The molecule has 0 fully saturated rings. The third kappa shape index (κ3) is 5.02. The van der Waals surface area contributed by atoms with Crippen LogP contribution in [-0.2, 0) is 6.18 Å². The minimum atomic E-state index is -4.85. The molecule has 0 aliphatic rings. The summed E-state index contributed by atoms with van der Waals surface area (Å²) in [4.78, 5) is 16.8. The minimum absolute atomic E-state index is 0.0343. The molecule has 2 N–H and O–H groups in total. The van der Waals surface area contributed by atoms with Gasteiger partial charge in [-0.2, -0.15) is 23.5 Å². The SMILES string of the molecule is N#Cc1cccc(-n2nc(C(F)(F)F)cc2C(=O)Nc2cc(C(O)c3ccncc3)ccc2F)c1. The van der Waals surface area contributed by atoms with Crippen molar-refractivity contribution in [1.82, 2.24) is 14.8 Å². The number of hydrogen-bond acceptors (Lipinski definition) is 5. The number of halogens is 4. The summed E-state index contributed by atoms with van der Waals surface area (Å²) in [7, 11) is 0. The number of nitriles is 1. The molecule has 1 amide bonds. The Morgan fingerprint density at radius 3 is 2.49 bits per heavy atom. The highest BCUT2D eigenvalue weighted by Gasteiger charge is 2.36. The lowest BCUT2D eigenvalue weighted by Crippen LogP contribution is -2.18. The zero-order valence-corrected chi connectivity index (χ0v) is 17.7. The van der Waals surface area contributed by atoms with Crippen molar-refractivity contribution in [3.8, 4) is 11.8 Å². The Labute approximate surface area is 195 Å². The summed E-state index contributed by atoms with van der Waals surface area (Å²) in [5.74, 6) is -1.94. The van der Waals surface area contributed by atoms with Crippen molar-refractivity contribution in [2.75, 3.05) is 5.32 Å². The standard InChI is InChI=1S/C24H15F4N5O2/c25-18-5-4-16(22(34)15-6-8-30-9-7-15)11-19(18)31-23(35)20-12-21(24(26,27)28)32-33(20)17-3-1-2-14(10-17)13-29/h1-12,22,34H,(H,31,35). The maximum Gasteiger partial charge on any atom is 0.435 e. The first kappa shape index (κ1) is 23.6. The van der Waals surface area contributed by atoms with Crippen molar-refractivity contribution in [1.29, 1.82) is 5.26 Å². The molecule has 0 spiro atoms. The Balaban J connectivity index is 1.71. The third-order valence-corrected chi connectivity index (χ3v) is 5.03. The molecule has 2 aromatic carbocycles. The average Bonchev–Trinajstić information content (AvgIpc) is 3.32. The van der Waals surface area contributed by atoms with Gasteiger partial charge in [0.25, 0.3) is 5.91 Å². The Kier molecular flexibility index (Phi) is 6.31. The van der Waals surface area contributed by atoms with E-state index in [4.69, 9.17) is 5.26 Å². The summed E-state index contributed by atoms with van der Waals surface area (Å²) in [6, 6.07) is 14.5. The highest BCUT2D eigenvalue weighted by atomic mass is 19.4. The molecule has 0 aliphatic carbocycles. The van der Waals surface area contributed by atoms with Crippen LogP contribution in [0.4, 0.5) is 23.2 Å². The molecule has 0 radical (unpaired) electrons. The van der Waals surface area contributed by atoms with Crippen LogP contribution in [0, 0.1) is 17.1 Å². The van der Waals surface area contributed by atoms with E-state index in [1.54, 1.807) is 12.1 Å². The molecule has 0 bridgehead atoms. The molecule has 11 heteroatoms. The van der Waals surface area contributed by atoms with Gasteiger partial charge in [0.2, 0.25) is 0 Å². The van der Waals surface area contributed by atoms with Crippen molar-refractivity contribution < 1.29 is 27.5 Å². The molecule has 2 aromatic heterocycles. The molecule has 0 saturated heterocycles. The number of anilines is 1. The Morgan fingerprint density at radius 1 is 1.06 bits per heavy atom. The van der Waals surface area contributed by atoms with Gasteiger partial charge in [-0.1, -0.05) is 12.1 Å². The summed E-state index contributed by atoms with van der Waals surface area (Å²) >= 11 is 0. The molecule has 176 valence electrons. The second-order valence-electron chi connectivity index (χ2n) is 7.36. The number of aliphatic hydroxyl groups is 1. The zero-order chi connectivity index (χ0) is 25.2. The van der Waals surface area contributed by atoms with Gasteiger partial charge in [0.05, 0.1) is 23.0 Å². The highest BCUT2D eigenvalue weighted by Crippen LogP contribution is 2.31. The Bertz CT molecular complexity index is 1430. The van der Waals surface area contributed by atoms with Gasteiger partial charge in [-0.15, -0.1) is 0 Å². The van der Waals surface area contributed by atoms with Crippen LogP contribution in [0.15, 0.2) is 73.1 Å². The number of carbonyl (C=O) groups is 1. The monoisotopic (exact) mass is 481 g/mol. The van der Waals surface area contributed by atoms with Crippen LogP contribution in [0.3, 0.4) is 0 Å². The van der Waals surface area contributed by atoms with Crippen molar-refractivity contribution in [3.63, 3.8) is 0 Å². The predicted molar refractivity (Wildman–Crippen MR) is 116 cm³/mol. The fourth-order valence-electron chi connectivity index (χ4n) is 3.32. The predicted octanol–water partition coefficient (Wildman–Crippen LogP) is 4.63. The molecule has 4 rings (SSSR count). The van der Waals surface area contributed by atoms with E-state index < -0.39 is 35.4 Å². The number of alkyl halides is 3. The molecule has 0 aliphatic heterocycles. The number of pyridine rings is 1. The Hall–Kier alpha value is -4.56. The van der Waals surface area contributed by atoms with Gasteiger partial charge in [-0.3, -0.25) is 9.78 Å². The minimum Gasteiger partial charge on any atom is -0.384 e. The molecule has 0 saturated carbocycles. The molecule has 2 heterocycles. The molecular formula is C24H15F4N5O2. The van der Waals surface area contributed by atoms with Crippen molar-refractivity contribution >= 4 is 11.6 Å². The Morgan fingerprint density at radius 2 is 1.80 bits per heavy atom. The number of rotatable bonds is 5. The normalized spacial score (nSPS) is 12.1. The van der Waals surface area contributed by atoms with Gasteiger partial charge in [-0.05, 0) is 53.6 Å². The average molecular weight is 481 g/mol.